The normalized spacial score (nSPS) is 36.0. The fourth-order valence-electron chi connectivity index (χ4n) is 3.23. The summed E-state index contributed by atoms with van der Waals surface area (Å²) in [6.07, 6.45) is 5.79. The van der Waals surface area contributed by atoms with Crippen LogP contribution in [0.2, 0.25) is 0 Å². The third-order valence-corrected chi connectivity index (χ3v) is 4.45. The first-order valence-electron chi connectivity index (χ1n) is 6.56. The summed E-state index contributed by atoms with van der Waals surface area (Å²) in [5.74, 6) is 4.81. The van der Waals surface area contributed by atoms with E-state index in [-0.39, 0.29) is 0 Å². The molecular weight excluding hydrogens is 168 g/mol. The van der Waals surface area contributed by atoms with E-state index in [0.29, 0.717) is 0 Å². The SMILES string of the molecule is CCC(C)C1CC(C)CCC1C(C)C. The van der Waals surface area contributed by atoms with E-state index in [4.69, 9.17) is 0 Å². The second-order valence-corrected chi connectivity index (χ2v) is 5.88. The molecular formula is C14H28. The van der Waals surface area contributed by atoms with Gasteiger partial charge in [-0.3, -0.25) is 0 Å². The lowest BCUT2D eigenvalue weighted by atomic mass is 9.65. The summed E-state index contributed by atoms with van der Waals surface area (Å²) in [7, 11) is 0. The van der Waals surface area contributed by atoms with Gasteiger partial charge in [0.05, 0.1) is 0 Å². The molecule has 0 aromatic heterocycles. The van der Waals surface area contributed by atoms with Gasteiger partial charge in [-0.25, -0.2) is 0 Å². The molecule has 0 spiro atoms. The minimum Gasteiger partial charge on any atom is -0.0651 e. The van der Waals surface area contributed by atoms with Crippen molar-refractivity contribution in [2.24, 2.45) is 29.6 Å². The summed E-state index contributed by atoms with van der Waals surface area (Å²) >= 11 is 0. The van der Waals surface area contributed by atoms with Gasteiger partial charge in [-0.1, -0.05) is 47.5 Å². The van der Waals surface area contributed by atoms with Crippen molar-refractivity contribution in [3.63, 3.8) is 0 Å². The van der Waals surface area contributed by atoms with E-state index in [2.05, 4.69) is 34.6 Å². The van der Waals surface area contributed by atoms with Gasteiger partial charge in [0, 0.05) is 0 Å². The molecule has 0 nitrogen and oxygen atoms in total. The summed E-state index contributed by atoms with van der Waals surface area (Å²) in [6, 6.07) is 0. The Bertz CT molecular complexity index is 159. The monoisotopic (exact) mass is 196 g/mol. The minimum absolute atomic E-state index is 0.890. The zero-order valence-electron chi connectivity index (χ0n) is 10.7. The van der Waals surface area contributed by atoms with E-state index in [0.717, 1.165) is 29.6 Å². The summed E-state index contributed by atoms with van der Waals surface area (Å²) < 4.78 is 0. The molecule has 0 amide bonds. The van der Waals surface area contributed by atoms with Crippen molar-refractivity contribution in [1.82, 2.24) is 0 Å². The van der Waals surface area contributed by atoms with Crippen LogP contribution in [0.3, 0.4) is 0 Å². The minimum atomic E-state index is 0.890. The average Bonchev–Trinajstić information content (AvgIpc) is 2.16. The maximum atomic E-state index is 2.46. The Hall–Kier alpha value is 0. The lowest BCUT2D eigenvalue weighted by Crippen LogP contribution is -2.31. The highest BCUT2D eigenvalue weighted by Crippen LogP contribution is 2.42. The summed E-state index contributed by atoms with van der Waals surface area (Å²) in [5.41, 5.74) is 0. The fourth-order valence-corrected chi connectivity index (χ4v) is 3.23. The quantitative estimate of drug-likeness (QED) is 0.611. The Morgan fingerprint density at radius 2 is 1.71 bits per heavy atom. The average molecular weight is 196 g/mol. The molecule has 0 N–H and O–H groups in total. The van der Waals surface area contributed by atoms with Crippen LogP contribution >= 0.6 is 0 Å². The molecule has 4 atom stereocenters. The summed E-state index contributed by atoms with van der Waals surface area (Å²) in [6.45, 7) is 12.1. The maximum Gasteiger partial charge on any atom is -0.0355 e. The molecule has 1 fully saturated rings. The predicted octanol–water partition coefficient (Wildman–Crippen LogP) is 4.74. The van der Waals surface area contributed by atoms with E-state index in [1.165, 1.54) is 25.7 Å². The molecule has 0 heteroatoms. The van der Waals surface area contributed by atoms with Gasteiger partial charge in [0.2, 0.25) is 0 Å². The highest BCUT2D eigenvalue weighted by atomic mass is 14.4. The molecule has 0 radical (unpaired) electrons. The second kappa shape index (κ2) is 5.19. The lowest BCUT2D eigenvalue weighted by Gasteiger charge is -2.40. The van der Waals surface area contributed by atoms with Crippen LogP contribution in [0.25, 0.3) is 0 Å². The zero-order chi connectivity index (χ0) is 10.7. The first-order chi connectivity index (χ1) is 6.56. The highest BCUT2D eigenvalue weighted by molar-refractivity contribution is 4.83. The predicted molar refractivity (Wildman–Crippen MR) is 64.3 cm³/mol. The van der Waals surface area contributed by atoms with E-state index < -0.39 is 0 Å². The molecule has 0 aromatic rings. The van der Waals surface area contributed by atoms with E-state index in [9.17, 15) is 0 Å². The Labute approximate surface area is 90.5 Å². The van der Waals surface area contributed by atoms with Crippen LogP contribution in [0.1, 0.15) is 60.3 Å². The van der Waals surface area contributed by atoms with Gasteiger partial charge in [0.15, 0.2) is 0 Å². The molecule has 14 heavy (non-hydrogen) atoms. The van der Waals surface area contributed by atoms with Crippen LogP contribution in [-0.4, -0.2) is 0 Å². The first-order valence-corrected chi connectivity index (χ1v) is 6.56. The van der Waals surface area contributed by atoms with Crippen LogP contribution in [0, 0.1) is 29.6 Å². The van der Waals surface area contributed by atoms with Crippen molar-refractivity contribution in [2.75, 3.05) is 0 Å². The zero-order valence-corrected chi connectivity index (χ0v) is 10.7. The molecule has 0 aromatic carbocycles. The van der Waals surface area contributed by atoms with Crippen molar-refractivity contribution in [3.8, 4) is 0 Å². The first kappa shape index (κ1) is 12.1. The van der Waals surface area contributed by atoms with E-state index in [1.54, 1.807) is 0 Å². The molecule has 1 aliphatic carbocycles. The second-order valence-electron chi connectivity index (χ2n) is 5.88. The maximum absolute atomic E-state index is 2.46. The molecule has 1 saturated carbocycles. The van der Waals surface area contributed by atoms with Crippen LogP contribution in [-0.2, 0) is 0 Å². The van der Waals surface area contributed by atoms with Crippen molar-refractivity contribution < 1.29 is 0 Å². The topological polar surface area (TPSA) is 0 Å². The van der Waals surface area contributed by atoms with Crippen molar-refractivity contribution in [1.29, 1.82) is 0 Å². The fraction of sp³-hybridized carbons (Fsp3) is 1.00. The largest absolute Gasteiger partial charge is 0.0651 e. The molecule has 0 saturated heterocycles. The summed E-state index contributed by atoms with van der Waals surface area (Å²) in [5, 5.41) is 0. The number of hydrogen-bond donors (Lipinski definition) is 0. The Balaban J connectivity index is 2.63. The van der Waals surface area contributed by atoms with E-state index in [1.807, 2.05) is 0 Å². The molecule has 0 heterocycles. The van der Waals surface area contributed by atoms with Gasteiger partial charge in [-0.2, -0.15) is 0 Å². The third kappa shape index (κ3) is 2.74. The standard InChI is InChI=1S/C14H28/c1-6-12(5)14-9-11(4)7-8-13(14)10(2)3/h10-14H,6-9H2,1-5H3. The van der Waals surface area contributed by atoms with Gasteiger partial charge in [0.25, 0.3) is 0 Å². The molecule has 1 aliphatic rings. The smallest absolute Gasteiger partial charge is 0.0355 e. The van der Waals surface area contributed by atoms with Crippen LogP contribution in [0.5, 0.6) is 0 Å². The van der Waals surface area contributed by atoms with Crippen LogP contribution < -0.4 is 0 Å². The van der Waals surface area contributed by atoms with Crippen molar-refractivity contribution >= 4 is 0 Å². The van der Waals surface area contributed by atoms with Gasteiger partial charge < -0.3 is 0 Å². The highest BCUT2D eigenvalue weighted by Gasteiger charge is 2.33. The Morgan fingerprint density at radius 1 is 1.07 bits per heavy atom. The van der Waals surface area contributed by atoms with Gasteiger partial charge in [-0.15, -0.1) is 0 Å². The van der Waals surface area contributed by atoms with Crippen molar-refractivity contribution in [2.45, 2.75) is 60.3 Å². The molecule has 84 valence electrons. The third-order valence-electron chi connectivity index (χ3n) is 4.45. The molecule has 4 unspecified atom stereocenters. The Kier molecular flexibility index (Phi) is 4.47. The van der Waals surface area contributed by atoms with Crippen molar-refractivity contribution in [3.05, 3.63) is 0 Å². The molecule has 0 aliphatic heterocycles. The molecule has 1 rings (SSSR count). The van der Waals surface area contributed by atoms with Crippen LogP contribution in [0.4, 0.5) is 0 Å². The van der Waals surface area contributed by atoms with Gasteiger partial charge in [0.1, 0.15) is 0 Å². The van der Waals surface area contributed by atoms with E-state index >= 15 is 0 Å². The lowest BCUT2D eigenvalue weighted by molar-refractivity contribution is 0.0971. The summed E-state index contributed by atoms with van der Waals surface area (Å²) in [4.78, 5) is 0. The van der Waals surface area contributed by atoms with Gasteiger partial charge >= 0.3 is 0 Å². The van der Waals surface area contributed by atoms with Gasteiger partial charge in [-0.05, 0) is 42.4 Å². The Morgan fingerprint density at radius 3 is 2.21 bits per heavy atom. The number of hydrogen-bond acceptors (Lipinski definition) is 0. The van der Waals surface area contributed by atoms with Crippen LogP contribution in [0.15, 0.2) is 0 Å². The number of rotatable bonds is 3. The molecule has 0 bridgehead atoms.